The van der Waals surface area contributed by atoms with Crippen LogP contribution in [0.2, 0.25) is 5.02 Å². The van der Waals surface area contributed by atoms with Gasteiger partial charge in [0.15, 0.2) is 11.6 Å². The molecule has 8 nitrogen and oxygen atoms in total. The molecule has 130 valence electrons. The Hall–Kier alpha value is -2.97. The molecular weight excluding hydrogens is 356 g/mol. The largest absolute Gasteiger partial charge is 0.443 e. The van der Waals surface area contributed by atoms with E-state index in [-0.39, 0.29) is 0 Å². The topological polar surface area (TPSA) is 83.8 Å². The number of hydrogen-bond acceptors (Lipinski definition) is 6. The molecule has 0 bridgehead atoms. The quantitative estimate of drug-likeness (QED) is 0.487. The molecule has 0 saturated heterocycles. The predicted molar refractivity (Wildman–Crippen MR) is 92.9 cm³/mol. The van der Waals surface area contributed by atoms with Crippen LogP contribution < -0.4 is 0 Å². The molecule has 0 atom stereocenters. The number of hydrogen-bond donors (Lipinski definition) is 0. The SMILES string of the molecule is COCc1nnc2n1Cc1c(-c3ncco3)ncn1-c1ccc(Cl)cc1-2. The van der Waals surface area contributed by atoms with Crippen LogP contribution >= 0.6 is 11.6 Å². The molecule has 0 aliphatic carbocycles. The standard InChI is InChI=1S/C17H13ClN6O2/c1-25-8-14-21-22-16-11-6-10(18)2-3-12(11)24-9-20-15(13(24)7-23(14)16)17-19-4-5-26-17/h2-6,9H,7-8H2,1H3. The van der Waals surface area contributed by atoms with Crippen molar-refractivity contribution in [2.45, 2.75) is 13.2 Å². The molecule has 0 amide bonds. The van der Waals surface area contributed by atoms with Crippen LogP contribution in [0.5, 0.6) is 0 Å². The summed E-state index contributed by atoms with van der Waals surface area (Å²) >= 11 is 6.25. The maximum Gasteiger partial charge on any atom is 0.246 e. The van der Waals surface area contributed by atoms with E-state index >= 15 is 0 Å². The molecule has 1 aliphatic heterocycles. The molecule has 1 aromatic carbocycles. The van der Waals surface area contributed by atoms with Crippen LogP contribution in [0.1, 0.15) is 11.5 Å². The third kappa shape index (κ3) is 2.19. The smallest absolute Gasteiger partial charge is 0.246 e. The summed E-state index contributed by atoms with van der Waals surface area (Å²) in [6, 6.07) is 5.67. The zero-order valence-corrected chi connectivity index (χ0v) is 14.5. The van der Waals surface area contributed by atoms with Crippen molar-refractivity contribution in [2.24, 2.45) is 0 Å². The molecule has 1 aliphatic rings. The Balaban J connectivity index is 1.81. The number of imidazole rings is 1. The van der Waals surface area contributed by atoms with Gasteiger partial charge in [-0.3, -0.25) is 4.57 Å². The van der Waals surface area contributed by atoms with Crippen LogP contribution in [-0.2, 0) is 17.9 Å². The van der Waals surface area contributed by atoms with Gasteiger partial charge in [-0.05, 0) is 18.2 Å². The lowest BCUT2D eigenvalue weighted by molar-refractivity contribution is 0.174. The molecule has 5 rings (SSSR count). The number of halogens is 1. The number of fused-ring (bicyclic) bond motifs is 5. The van der Waals surface area contributed by atoms with Crippen LogP contribution in [0.15, 0.2) is 41.4 Å². The summed E-state index contributed by atoms with van der Waals surface area (Å²) in [7, 11) is 1.63. The van der Waals surface area contributed by atoms with E-state index in [0.717, 1.165) is 28.6 Å². The van der Waals surface area contributed by atoms with Crippen molar-refractivity contribution >= 4 is 11.6 Å². The van der Waals surface area contributed by atoms with Crippen LogP contribution in [0.25, 0.3) is 28.7 Å². The Kier molecular flexibility index (Phi) is 3.41. The fourth-order valence-electron chi connectivity index (χ4n) is 3.24. The number of ether oxygens (including phenoxy) is 1. The zero-order chi connectivity index (χ0) is 17.7. The number of rotatable bonds is 3. The molecule has 9 heteroatoms. The fraction of sp³-hybridized carbons (Fsp3) is 0.176. The molecular formula is C17H13ClN6O2. The van der Waals surface area contributed by atoms with Gasteiger partial charge in [0, 0.05) is 17.7 Å². The summed E-state index contributed by atoms with van der Waals surface area (Å²) in [5.74, 6) is 1.93. The van der Waals surface area contributed by atoms with E-state index in [9.17, 15) is 0 Å². The number of nitrogens with zero attached hydrogens (tertiary/aromatic N) is 6. The van der Waals surface area contributed by atoms with Crippen molar-refractivity contribution < 1.29 is 9.15 Å². The van der Waals surface area contributed by atoms with Crippen LogP contribution in [-0.4, -0.2) is 36.4 Å². The summed E-state index contributed by atoms with van der Waals surface area (Å²) in [6.07, 6.45) is 4.90. The lowest BCUT2D eigenvalue weighted by Gasteiger charge is -2.08. The van der Waals surface area contributed by atoms with Gasteiger partial charge in [-0.2, -0.15) is 0 Å². The van der Waals surface area contributed by atoms with E-state index in [1.54, 1.807) is 19.6 Å². The van der Waals surface area contributed by atoms with Gasteiger partial charge in [0.05, 0.1) is 24.1 Å². The third-order valence-corrected chi connectivity index (χ3v) is 4.60. The van der Waals surface area contributed by atoms with E-state index in [4.69, 9.17) is 20.8 Å². The van der Waals surface area contributed by atoms with Crippen molar-refractivity contribution in [3.63, 3.8) is 0 Å². The molecule has 0 unspecified atom stereocenters. The molecule has 0 spiro atoms. The van der Waals surface area contributed by atoms with Gasteiger partial charge < -0.3 is 13.7 Å². The lowest BCUT2D eigenvalue weighted by Crippen LogP contribution is -2.09. The van der Waals surface area contributed by atoms with Crippen molar-refractivity contribution in [3.8, 4) is 28.7 Å². The molecule has 4 aromatic rings. The van der Waals surface area contributed by atoms with Gasteiger partial charge in [0.2, 0.25) is 5.89 Å². The van der Waals surface area contributed by atoms with Gasteiger partial charge in [-0.15, -0.1) is 10.2 Å². The van der Waals surface area contributed by atoms with E-state index in [2.05, 4.69) is 20.2 Å². The molecule has 0 radical (unpaired) electrons. The van der Waals surface area contributed by atoms with Crippen LogP contribution in [0.3, 0.4) is 0 Å². The summed E-state index contributed by atoms with van der Waals surface area (Å²) in [5, 5.41) is 9.29. The molecule has 0 fully saturated rings. The Bertz CT molecular complexity index is 1100. The molecule has 26 heavy (non-hydrogen) atoms. The third-order valence-electron chi connectivity index (χ3n) is 4.37. The minimum absolute atomic E-state index is 0.353. The zero-order valence-electron chi connectivity index (χ0n) is 13.8. The van der Waals surface area contributed by atoms with E-state index < -0.39 is 0 Å². The minimum atomic E-state index is 0.353. The maximum absolute atomic E-state index is 6.25. The molecule has 0 N–H and O–H groups in total. The van der Waals surface area contributed by atoms with Crippen molar-refractivity contribution in [1.82, 2.24) is 29.3 Å². The summed E-state index contributed by atoms with van der Waals surface area (Å²) in [5.41, 5.74) is 3.40. The van der Waals surface area contributed by atoms with Gasteiger partial charge in [0.1, 0.15) is 24.9 Å². The first kappa shape index (κ1) is 15.3. The minimum Gasteiger partial charge on any atom is -0.443 e. The first-order valence-electron chi connectivity index (χ1n) is 7.93. The summed E-state index contributed by atoms with van der Waals surface area (Å²) in [4.78, 5) is 8.77. The average molecular weight is 369 g/mol. The summed E-state index contributed by atoms with van der Waals surface area (Å²) < 4.78 is 14.8. The lowest BCUT2D eigenvalue weighted by atomic mass is 10.1. The fourth-order valence-corrected chi connectivity index (χ4v) is 3.41. The Labute approximate surface area is 153 Å². The van der Waals surface area contributed by atoms with Crippen LogP contribution in [0.4, 0.5) is 0 Å². The predicted octanol–water partition coefficient (Wildman–Crippen LogP) is 2.95. The van der Waals surface area contributed by atoms with Crippen molar-refractivity contribution in [1.29, 1.82) is 0 Å². The number of oxazole rings is 1. The normalized spacial score (nSPS) is 12.4. The van der Waals surface area contributed by atoms with Gasteiger partial charge in [-0.25, -0.2) is 9.97 Å². The highest BCUT2D eigenvalue weighted by Crippen LogP contribution is 2.35. The number of benzene rings is 1. The van der Waals surface area contributed by atoms with Crippen molar-refractivity contribution in [2.75, 3.05) is 7.11 Å². The first-order valence-corrected chi connectivity index (χ1v) is 8.31. The van der Waals surface area contributed by atoms with E-state index in [1.165, 1.54) is 6.26 Å². The average Bonchev–Trinajstić information content (AvgIpc) is 3.35. The summed E-state index contributed by atoms with van der Waals surface area (Å²) in [6.45, 7) is 0.858. The first-order chi connectivity index (χ1) is 12.8. The Morgan fingerprint density at radius 2 is 2.19 bits per heavy atom. The highest BCUT2D eigenvalue weighted by molar-refractivity contribution is 6.31. The number of aromatic nitrogens is 6. The van der Waals surface area contributed by atoms with E-state index in [1.807, 2.05) is 27.3 Å². The Morgan fingerprint density at radius 3 is 3.00 bits per heavy atom. The van der Waals surface area contributed by atoms with Crippen LogP contribution in [0, 0.1) is 0 Å². The van der Waals surface area contributed by atoms with E-state index in [0.29, 0.717) is 29.8 Å². The monoisotopic (exact) mass is 368 g/mol. The second-order valence-corrected chi connectivity index (χ2v) is 6.30. The molecule has 3 aromatic heterocycles. The maximum atomic E-state index is 6.25. The highest BCUT2D eigenvalue weighted by atomic mass is 35.5. The van der Waals surface area contributed by atoms with Crippen molar-refractivity contribution in [3.05, 3.63) is 53.5 Å². The number of methoxy groups -OCH3 is 1. The highest BCUT2D eigenvalue weighted by Gasteiger charge is 2.27. The molecule has 0 saturated carbocycles. The van der Waals surface area contributed by atoms with Gasteiger partial charge in [-0.1, -0.05) is 11.6 Å². The molecule has 4 heterocycles. The van der Waals surface area contributed by atoms with Gasteiger partial charge in [0.25, 0.3) is 0 Å². The second-order valence-electron chi connectivity index (χ2n) is 5.87. The second kappa shape index (κ2) is 5.79. The van der Waals surface area contributed by atoms with Gasteiger partial charge >= 0.3 is 0 Å². The Morgan fingerprint density at radius 1 is 1.27 bits per heavy atom.